The number of benzene rings is 2. The number of amides is 1. The van der Waals surface area contributed by atoms with Crippen molar-refractivity contribution in [2.75, 3.05) is 0 Å². The second kappa shape index (κ2) is 10.5. The number of rotatable bonds is 9. The Labute approximate surface area is 183 Å². The lowest BCUT2D eigenvalue weighted by molar-refractivity contribution is -0.121. The van der Waals surface area contributed by atoms with Crippen molar-refractivity contribution in [3.05, 3.63) is 94.8 Å². The van der Waals surface area contributed by atoms with Crippen LogP contribution < -0.4 is 10.1 Å². The van der Waals surface area contributed by atoms with E-state index >= 15 is 0 Å². The van der Waals surface area contributed by atoms with Crippen LogP contribution in [-0.2, 0) is 11.4 Å². The molecule has 0 saturated heterocycles. The summed E-state index contributed by atoms with van der Waals surface area (Å²) in [5, 5.41) is 2.97. The Kier molecular flexibility index (Phi) is 7.55. The van der Waals surface area contributed by atoms with Gasteiger partial charge in [0.05, 0.1) is 6.04 Å². The summed E-state index contributed by atoms with van der Waals surface area (Å²) in [6.07, 6.45) is 3.87. The zero-order chi connectivity index (χ0) is 22.2. The average molecular weight is 417 g/mol. The van der Waals surface area contributed by atoms with E-state index in [0.29, 0.717) is 12.2 Å². The normalized spacial score (nSPS) is 11.6. The van der Waals surface area contributed by atoms with E-state index in [0.717, 1.165) is 28.0 Å². The van der Waals surface area contributed by atoms with Gasteiger partial charge in [0.2, 0.25) is 5.91 Å². The van der Waals surface area contributed by atoms with Crippen molar-refractivity contribution in [2.24, 2.45) is 0 Å². The molecule has 5 nitrogen and oxygen atoms in total. The molecule has 0 aliphatic carbocycles. The largest absolute Gasteiger partial charge is 0.489 e. The zero-order valence-corrected chi connectivity index (χ0v) is 18.2. The van der Waals surface area contributed by atoms with Gasteiger partial charge in [-0.1, -0.05) is 35.9 Å². The third-order valence-electron chi connectivity index (χ3n) is 5.16. The molecule has 0 bridgehead atoms. The second-order valence-electron chi connectivity index (χ2n) is 7.75. The van der Waals surface area contributed by atoms with Crippen LogP contribution in [0.25, 0.3) is 0 Å². The van der Waals surface area contributed by atoms with Crippen LogP contribution in [0.15, 0.2) is 67.0 Å². The number of Topliss-reactive ketones (excluding diaryl/α,β-unsaturated/α-hetero) is 1. The molecule has 1 N–H and O–H groups in total. The minimum Gasteiger partial charge on any atom is -0.489 e. The van der Waals surface area contributed by atoms with E-state index in [1.165, 1.54) is 0 Å². The summed E-state index contributed by atoms with van der Waals surface area (Å²) in [6.45, 7) is 6.25. The quantitative estimate of drug-likeness (QED) is 0.492. The van der Waals surface area contributed by atoms with Crippen molar-refractivity contribution in [2.45, 2.75) is 46.3 Å². The SMILES string of the molecule is Cc1ccc(C)c(C(=O)CCC(=O)NC(C)c2ccc(OCc3cccnc3)cc2)c1. The van der Waals surface area contributed by atoms with Gasteiger partial charge in [0.25, 0.3) is 0 Å². The molecule has 1 heterocycles. The predicted molar refractivity (Wildman–Crippen MR) is 121 cm³/mol. The number of carbonyl (C=O) groups is 2. The first-order valence-electron chi connectivity index (χ1n) is 10.4. The summed E-state index contributed by atoms with van der Waals surface area (Å²) in [5.74, 6) is 0.618. The number of nitrogens with zero attached hydrogens (tertiary/aromatic N) is 1. The third kappa shape index (κ3) is 6.51. The van der Waals surface area contributed by atoms with Crippen molar-refractivity contribution in [3.63, 3.8) is 0 Å². The number of aromatic nitrogens is 1. The second-order valence-corrected chi connectivity index (χ2v) is 7.75. The molecule has 0 saturated carbocycles. The molecule has 3 aromatic rings. The van der Waals surface area contributed by atoms with Crippen LogP contribution in [0.3, 0.4) is 0 Å². The molecule has 0 aliphatic heterocycles. The molecule has 1 atom stereocenters. The number of nitrogens with one attached hydrogen (secondary N) is 1. The Morgan fingerprint density at radius 2 is 1.81 bits per heavy atom. The van der Waals surface area contributed by atoms with Gasteiger partial charge in [-0.2, -0.15) is 0 Å². The van der Waals surface area contributed by atoms with Crippen LogP contribution in [0.5, 0.6) is 5.75 Å². The van der Waals surface area contributed by atoms with E-state index in [-0.39, 0.29) is 30.6 Å². The van der Waals surface area contributed by atoms with E-state index < -0.39 is 0 Å². The van der Waals surface area contributed by atoms with Gasteiger partial charge in [0.1, 0.15) is 12.4 Å². The smallest absolute Gasteiger partial charge is 0.220 e. The van der Waals surface area contributed by atoms with Gasteiger partial charge in [-0.3, -0.25) is 14.6 Å². The summed E-state index contributed by atoms with van der Waals surface area (Å²) in [7, 11) is 0. The fourth-order valence-corrected chi connectivity index (χ4v) is 3.30. The lowest BCUT2D eigenvalue weighted by atomic mass is 9.99. The van der Waals surface area contributed by atoms with Crippen LogP contribution in [0.1, 0.15) is 58.4 Å². The predicted octanol–water partition coefficient (Wildman–Crippen LogP) is 5.12. The molecule has 0 fully saturated rings. The molecular weight excluding hydrogens is 388 g/mol. The summed E-state index contributed by atoms with van der Waals surface area (Å²) in [5.41, 5.74) is 4.66. The highest BCUT2D eigenvalue weighted by Crippen LogP contribution is 2.19. The van der Waals surface area contributed by atoms with Gasteiger partial charge in [-0.25, -0.2) is 0 Å². The van der Waals surface area contributed by atoms with Crippen LogP contribution in [0, 0.1) is 13.8 Å². The highest BCUT2D eigenvalue weighted by atomic mass is 16.5. The Bertz CT molecular complexity index is 1030. The fraction of sp³-hybridized carbons (Fsp3) is 0.269. The number of ether oxygens (including phenoxy) is 1. The monoisotopic (exact) mass is 416 g/mol. The lowest BCUT2D eigenvalue weighted by Gasteiger charge is -2.15. The Hall–Kier alpha value is -3.47. The molecule has 3 rings (SSSR count). The lowest BCUT2D eigenvalue weighted by Crippen LogP contribution is -2.27. The molecule has 0 aliphatic rings. The average Bonchev–Trinajstić information content (AvgIpc) is 2.78. The van der Waals surface area contributed by atoms with Crippen LogP contribution in [0.2, 0.25) is 0 Å². The van der Waals surface area contributed by atoms with Gasteiger partial charge in [0.15, 0.2) is 5.78 Å². The van der Waals surface area contributed by atoms with Gasteiger partial charge < -0.3 is 10.1 Å². The molecule has 0 radical (unpaired) electrons. The minimum absolute atomic E-state index is 0.000814. The number of pyridine rings is 1. The number of aryl methyl sites for hydroxylation is 2. The van der Waals surface area contributed by atoms with Gasteiger partial charge in [-0.05, 0) is 56.2 Å². The first-order valence-corrected chi connectivity index (χ1v) is 10.4. The van der Waals surface area contributed by atoms with E-state index in [9.17, 15) is 9.59 Å². The van der Waals surface area contributed by atoms with Crippen LogP contribution >= 0.6 is 0 Å². The van der Waals surface area contributed by atoms with Crippen LogP contribution in [0.4, 0.5) is 0 Å². The summed E-state index contributed by atoms with van der Waals surface area (Å²) in [4.78, 5) is 28.9. The highest BCUT2D eigenvalue weighted by Gasteiger charge is 2.14. The van der Waals surface area contributed by atoms with E-state index in [1.807, 2.05) is 75.4 Å². The summed E-state index contributed by atoms with van der Waals surface area (Å²) in [6, 6.07) is 17.1. The first-order chi connectivity index (χ1) is 14.9. The third-order valence-corrected chi connectivity index (χ3v) is 5.16. The van der Waals surface area contributed by atoms with Crippen molar-refractivity contribution in [1.82, 2.24) is 10.3 Å². The molecule has 0 spiro atoms. The van der Waals surface area contributed by atoms with Crippen molar-refractivity contribution >= 4 is 11.7 Å². The number of hydrogen-bond donors (Lipinski definition) is 1. The standard InChI is InChI=1S/C26H28N2O3/c1-18-6-7-19(2)24(15-18)25(29)12-13-26(30)28-20(3)22-8-10-23(11-9-22)31-17-21-5-4-14-27-16-21/h4-11,14-16,20H,12-13,17H2,1-3H3,(H,28,30). The minimum atomic E-state index is -0.157. The number of ketones is 1. The maximum Gasteiger partial charge on any atom is 0.220 e. The van der Waals surface area contributed by atoms with E-state index in [1.54, 1.807) is 12.4 Å². The molecule has 1 aromatic heterocycles. The Morgan fingerprint density at radius 3 is 2.52 bits per heavy atom. The summed E-state index contributed by atoms with van der Waals surface area (Å²) >= 11 is 0. The van der Waals surface area contributed by atoms with E-state index in [2.05, 4.69) is 10.3 Å². The molecule has 1 unspecified atom stereocenters. The Balaban J connectivity index is 1.47. The maximum absolute atomic E-state index is 12.5. The zero-order valence-electron chi connectivity index (χ0n) is 18.2. The van der Waals surface area contributed by atoms with Gasteiger partial charge in [0, 0.05) is 36.4 Å². The topological polar surface area (TPSA) is 68.3 Å². The van der Waals surface area contributed by atoms with Crippen molar-refractivity contribution < 1.29 is 14.3 Å². The van der Waals surface area contributed by atoms with E-state index in [4.69, 9.17) is 4.74 Å². The number of hydrogen-bond acceptors (Lipinski definition) is 4. The molecule has 1 amide bonds. The molecule has 5 heteroatoms. The molecule has 31 heavy (non-hydrogen) atoms. The highest BCUT2D eigenvalue weighted by molar-refractivity contribution is 5.99. The number of carbonyl (C=O) groups excluding carboxylic acids is 2. The molecule has 2 aromatic carbocycles. The van der Waals surface area contributed by atoms with Gasteiger partial charge in [-0.15, -0.1) is 0 Å². The fourth-order valence-electron chi connectivity index (χ4n) is 3.30. The van der Waals surface area contributed by atoms with Crippen molar-refractivity contribution in [3.8, 4) is 5.75 Å². The van der Waals surface area contributed by atoms with Crippen LogP contribution in [-0.4, -0.2) is 16.7 Å². The van der Waals surface area contributed by atoms with Crippen molar-refractivity contribution in [1.29, 1.82) is 0 Å². The van der Waals surface area contributed by atoms with Gasteiger partial charge >= 0.3 is 0 Å². The Morgan fingerprint density at radius 1 is 1.03 bits per heavy atom. The summed E-state index contributed by atoms with van der Waals surface area (Å²) < 4.78 is 5.77. The first kappa shape index (κ1) is 22.2. The maximum atomic E-state index is 12.5. The molecule has 160 valence electrons. The molecular formula is C26H28N2O3.